The van der Waals surface area contributed by atoms with E-state index in [0.29, 0.717) is 6.04 Å². The van der Waals surface area contributed by atoms with Crippen LogP contribution in [0.4, 0.5) is 0 Å². The minimum atomic E-state index is 0.505. The fraction of sp³-hybridized carbons (Fsp3) is 0.667. The first-order valence-corrected chi connectivity index (χ1v) is 11.4. The lowest BCUT2D eigenvalue weighted by molar-refractivity contribution is 0.399. The molecule has 0 saturated heterocycles. The standard InChI is InChI=1S/C24H39N3/c1-2-3-15-26-22(17-21-18-27-24-13-9-8-12-23(21)24)19-25-16-14-20-10-6-4-5-7-11-20/h8-9,12-13,18,20,22,25-27H,2-7,10-11,14-17,19H2,1H3/t22-/m0/s1. The van der Waals surface area contributed by atoms with Gasteiger partial charge in [0, 0.05) is 29.7 Å². The molecule has 1 aliphatic carbocycles. The Morgan fingerprint density at radius 3 is 2.70 bits per heavy atom. The van der Waals surface area contributed by atoms with Crippen molar-refractivity contribution in [2.75, 3.05) is 19.6 Å². The number of nitrogens with one attached hydrogen (secondary N) is 3. The molecule has 3 heteroatoms. The molecular weight excluding hydrogens is 330 g/mol. The zero-order valence-electron chi connectivity index (χ0n) is 17.2. The zero-order valence-corrected chi connectivity index (χ0v) is 17.2. The van der Waals surface area contributed by atoms with Crippen molar-refractivity contribution in [2.24, 2.45) is 5.92 Å². The maximum atomic E-state index is 3.80. The van der Waals surface area contributed by atoms with E-state index in [-0.39, 0.29) is 0 Å². The summed E-state index contributed by atoms with van der Waals surface area (Å²) in [6.07, 6.45) is 15.9. The summed E-state index contributed by atoms with van der Waals surface area (Å²) in [5.74, 6) is 0.958. The molecule has 27 heavy (non-hydrogen) atoms. The highest BCUT2D eigenvalue weighted by atomic mass is 15.0. The number of aromatic amines is 1. The molecule has 0 aliphatic heterocycles. The van der Waals surface area contributed by atoms with Crippen LogP contribution in [-0.4, -0.2) is 30.7 Å². The number of aromatic nitrogens is 1. The van der Waals surface area contributed by atoms with E-state index in [9.17, 15) is 0 Å². The fourth-order valence-corrected chi connectivity index (χ4v) is 4.50. The summed E-state index contributed by atoms with van der Waals surface area (Å²) < 4.78 is 0. The average Bonchev–Trinajstić information content (AvgIpc) is 2.91. The van der Waals surface area contributed by atoms with Gasteiger partial charge in [0.2, 0.25) is 0 Å². The average molecular weight is 370 g/mol. The van der Waals surface area contributed by atoms with E-state index in [1.807, 2.05) is 0 Å². The molecule has 150 valence electrons. The molecule has 1 fully saturated rings. The van der Waals surface area contributed by atoms with Crippen LogP contribution in [0.2, 0.25) is 0 Å². The van der Waals surface area contributed by atoms with Gasteiger partial charge in [-0.3, -0.25) is 0 Å². The van der Waals surface area contributed by atoms with Crippen molar-refractivity contribution >= 4 is 10.9 Å². The second-order valence-corrected chi connectivity index (χ2v) is 8.42. The monoisotopic (exact) mass is 369 g/mol. The van der Waals surface area contributed by atoms with Crippen LogP contribution >= 0.6 is 0 Å². The van der Waals surface area contributed by atoms with Crippen molar-refractivity contribution < 1.29 is 0 Å². The largest absolute Gasteiger partial charge is 0.361 e. The molecule has 1 aromatic carbocycles. The predicted molar refractivity (Wildman–Crippen MR) is 117 cm³/mol. The molecule has 1 saturated carbocycles. The van der Waals surface area contributed by atoms with Crippen LogP contribution in [-0.2, 0) is 6.42 Å². The second kappa shape index (κ2) is 11.5. The van der Waals surface area contributed by atoms with Crippen LogP contribution in [0, 0.1) is 5.92 Å². The first-order chi connectivity index (χ1) is 13.4. The van der Waals surface area contributed by atoms with Crippen molar-refractivity contribution in [2.45, 2.75) is 77.2 Å². The van der Waals surface area contributed by atoms with E-state index in [1.54, 1.807) is 0 Å². The summed E-state index contributed by atoms with van der Waals surface area (Å²) in [6.45, 7) is 5.62. The minimum absolute atomic E-state index is 0.505. The lowest BCUT2D eigenvalue weighted by atomic mass is 9.96. The van der Waals surface area contributed by atoms with Gasteiger partial charge in [0.15, 0.2) is 0 Å². The Bertz CT molecular complexity index is 640. The molecule has 0 spiro atoms. The summed E-state index contributed by atoms with van der Waals surface area (Å²) in [4.78, 5) is 3.43. The smallest absolute Gasteiger partial charge is 0.0456 e. The highest BCUT2D eigenvalue weighted by Crippen LogP contribution is 2.25. The number of rotatable bonds is 11. The Balaban J connectivity index is 1.48. The van der Waals surface area contributed by atoms with Crippen molar-refractivity contribution in [1.29, 1.82) is 0 Å². The lowest BCUT2D eigenvalue weighted by Crippen LogP contribution is -2.41. The van der Waals surface area contributed by atoms with Gasteiger partial charge in [-0.05, 0) is 49.9 Å². The van der Waals surface area contributed by atoms with Crippen LogP contribution in [0.5, 0.6) is 0 Å². The highest BCUT2D eigenvalue weighted by molar-refractivity contribution is 5.83. The first kappa shape index (κ1) is 20.4. The molecule has 3 rings (SSSR count). The van der Waals surface area contributed by atoms with Gasteiger partial charge in [0.25, 0.3) is 0 Å². The maximum absolute atomic E-state index is 3.80. The van der Waals surface area contributed by atoms with Gasteiger partial charge in [-0.1, -0.05) is 70.1 Å². The topological polar surface area (TPSA) is 39.8 Å². The third-order valence-electron chi connectivity index (χ3n) is 6.20. The van der Waals surface area contributed by atoms with Gasteiger partial charge in [-0.25, -0.2) is 0 Å². The van der Waals surface area contributed by atoms with Crippen molar-refractivity contribution in [3.8, 4) is 0 Å². The fourth-order valence-electron chi connectivity index (χ4n) is 4.50. The molecule has 2 aromatic rings. The molecule has 0 amide bonds. The molecule has 1 heterocycles. The minimum Gasteiger partial charge on any atom is -0.361 e. The van der Waals surface area contributed by atoms with Crippen molar-refractivity contribution in [3.05, 3.63) is 36.0 Å². The Hall–Kier alpha value is -1.32. The second-order valence-electron chi connectivity index (χ2n) is 8.42. The van der Waals surface area contributed by atoms with E-state index >= 15 is 0 Å². The summed E-state index contributed by atoms with van der Waals surface area (Å²) in [5.41, 5.74) is 2.69. The third-order valence-corrected chi connectivity index (χ3v) is 6.20. The molecule has 1 aliphatic rings. The number of benzene rings is 1. The van der Waals surface area contributed by atoms with Gasteiger partial charge in [-0.15, -0.1) is 0 Å². The molecule has 0 unspecified atom stereocenters. The Labute approximate surface area is 165 Å². The summed E-state index contributed by atoms with van der Waals surface area (Å²) in [5, 5.41) is 8.94. The van der Waals surface area contributed by atoms with Crippen LogP contribution in [0.3, 0.4) is 0 Å². The maximum Gasteiger partial charge on any atom is 0.0456 e. The van der Waals surface area contributed by atoms with Gasteiger partial charge in [0.05, 0.1) is 0 Å². The number of hydrogen-bond acceptors (Lipinski definition) is 2. The van der Waals surface area contributed by atoms with Crippen LogP contribution in [0.1, 0.15) is 70.3 Å². The number of para-hydroxylation sites is 1. The Kier molecular flexibility index (Phi) is 8.70. The van der Waals surface area contributed by atoms with Crippen LogP contribution < -0.4 is 10.6 Å². The van der Waals surface area contributed by atoms with Gasteiger partial charge in [0.1, 0.15) is 0 Å². The van der Waals surface area contributed by atoms with E-state index in [1.165, 1.54) is 80.8 Å². The van der Waals surface area contributed by atoms with E-state index < -0.39 is 0 Å². The SMILES string of the molecule is CCCCN[C@H](CNCCC1CCCCCC1)Cc1c[nH]c2ccccc12. The summed E-state index contributed by atoms with van der Waals surface area (Å²) in [7, 11) is 0. The molecule has 1 aromatic heterocycles. The molecule has 3 nitrogen and oxygen atoms in total. The van der Waals surface area contributed by atoms with Crippen molar-refractivity contribution in [1.82, 2.24) is 15.6 Å². The summed E-state index contributed by atoms with van der Waals surface area (Å²) in [6, 6.07) is 9.16. The van der Waals surface area contributed by atoms with Crippen LogP contribution in [0.15, 0.2) is 30.5 Å². The molecular formula is C24H39N3. The van der Waals surface area contributed by atoms with Crippen molar-refractivity contribution in [3.63, 3.8) is 0 Å². The zero-order chi connectivity index (χ0) is 18.7. The number of unbranched alkanes of at least 4 members (excludes halogenated alkanes) is 1. The first-order valence-electron chi connectivity index (χ1n) is 11.4. The van der Waals surface area contributed by atoms with E-state index in [0.717, 1.165) is 25.4 Å². The highest BCUT2D eigenvalue weighted by Gasteiger charge is 2.14. The normalized spacial score (nSPS) is 17.2. The number of fused-ring (bicyclic) bond motifs is 1. The Morgan fingerprint density at radius 1 is 1.07 bits per heavy atom. The summed E-state index contributed by atoms with van der Waals surface area (Å²) >= 11 is 0. The van der Waals surface area contributed by atoms with Gasteiger partial charge in [-0.2, -0.15) is 0 Å². The number of H-pyrrole nitrogens is 1. The molecule has 3 N–H and O–H groups in total. The van der Waals surface area contributed by atoms with Gasteiger partial charge < -0.3 is 15.6 Å². The van der Waals surface area contributed by atoms with Gasteiger partial charge >= 0.3 is 0 Å². The third kappa shape index (κ3) is 6.65. The van der Waals surface area contributed by atoms with E-state index in [4.69, 9.17) is 0 Å². The molecule has 0 bridgehead atoms. The molecule has 1 atom stereocenters. The predicted octanol–water partition coefficient (Wildman–Crippen LogP) is 5.42. The van der Waals surface area contributed by atoms with E-state index in [2.05, 4.69) is 53.0 Å². The molecule has 0 radical (unpaired) electrons. The number of hydrogen-bond donors (Lipinski definition) is 3. The lowest BCUT2D eigenvalue weighted by Gasteiger charge is -2.20. The van der Waals surface area contributed by atoms with Crippen LogP contribution in [0.25, 0.3) is 10.9 Å². The Morgan fingerprint density at radius 2 is 1.89 bits per heavy atom. The quantitative estimate of drug-likeness (QED) is 0.366.